The van der Waals surface area contributed by atoms with Crippen LogP contribution in [0.3, 0.4) is 0 Å². The molecule has 27 heteroatoms. The van der Waals surface area contributed by atoms with Crippen molar-refractivity contribution in [3.05, 3.63) is 41.8 Å². The number of hydrogen-bond acceptors (Lipinski definition) is 17. The number of carboxylic acids is 2. The molecule has 1 fully saturated rings. The van der Waals surface area contributed by atoms with Crippen LogP contribution in [0, 0.1) is 0 Å². The lowest BCUT2D eigenvalue weighted by Crippen LogP contribution is -2.76. The summed E-state index contributed by atoms with van der Waals surface area (Å²) in [6.45, 7) is 3.34. The number of rotatable bonds is 16. The number of carboxylic acid groups (broad SMARTS) is 2. The molecule has 0 bridgehead atoms. The smallest absolute Gasteiger partial charge is 0.487 e. The molecule has 1 aliphatic rings. The molecule has 1 aliphatic heterocycles. The van der Waals surface area contributed by atoms with E-state index in [9.17, 15) is 41.1 Å². The number of hydroxylamine groups is 2. The number of carbonyl (C=O) groups excluding carboxylic acids is 2. The zero-order valence-corrected chi connectivity index (χ0v) is 28.9. The van der Waals surface area contributed by atoms with E-state index in [1.807, 2.05) is 4.57 Å². The molecular weight excluding hydrogens is 765 g/mol. The fraction of sp³-hybridized carbons (Fsp3) is 0.385. The second kappa shape index (κ2) is 17.3. The molecule has 4 heterocycles. The van der Waals surface area contributed by atoms with Gasteiger partial charge < -0.3 is 46.5 Å². The van der Waals surface area contributed by atoms with E-state index >= 15 is 0 Å². The molecule has 0 radical (unpaired) electrons. The van der Waals surface area contributed by atoms with Crippen LogP contribution >= 0.6 is 11.3 Å². The summed E-state index contributed by atoms with van der Waals surface area (Å²) >= 11 is 0.947. The molecule has 53 heavy (non-hydrogen) atoms. The number of oxime groups is 1. The molecule has 0 spiro atoms. The summed E-state index contributed by atoms with van der Waals surface area (Å²) in [5, 5.41) is 27.7. The second-order valence-corrected chi connectivity index (χ2v) is 12.7. The number of nitrogen functional groups attached to an aromatic ring is 1. The number of nitrogens with one attached hydrogen (secondary N) is 2. The van der Waals surface area contributed by atoms with Crippen molar-refractivity contribution >= 4 is 68.1 Å². The van der Waals surface area contributed by atoms with Gasteiger partial charge in [0.25, 0.3) is 17.9 Å². The Hall–Kier alpha value is -5.64. The number of carbonyl (C=O) groups is 4. The first kappa shape index (κ1) is 41.8. The Bertz CT molecular complexity index is 1920. The fourth-order valence-electron chi connectivity index (χ4n) is 3.98. The number of halogens is 3. The standard InChI is InChI=1S/C24H30N10O10S2.C2HF3O2/c1-24(2)18(20(36)34(24)44-46(39,40)41)31-19(35)17(14-12-45-22(26)29-14)32-43-15(21(37)38)11-42-13-4-5-16(28-10-13)30-23-27-7-9-33(23)8-3-6-25;3-2(4,5)1(6)7/h4-5,7,9-10,12,15,18H,3,6,8,11,25H2,1-2H3,(H2,26,29)(H,31,35)(H,37,38)(H,27,28,30)(H,39,40,41);(H,6,7)/b32-17-;/t15?,18-;/m1./s1. The SMILES string of the molecule is CC1(C)[C@H](NC(=O)/C(=N\OC(COc2ccc(Nc3nccn3CCCN)nc2)C(=O)O)c2csc(N)n2)C(=O)N1OS(=O)(=O)O.O=C(O)C(F)(F)F. The minimum atomic E-state index is -5.08. The van der Waals surface area contributed by atoms with Crippen molar-refractivity contribution in [3.63, 3.8) is 0 Å². The van der Waals surface area contributed by atoms with Crippen molar-refractivity contribution in [2.45, 2.75) is 50.7 Å². The third kappa shape index (κ3) is 11.7. The summed E-state index contributed by atoms with van der Waals surface area (Å²) in [5.41, 5.74) is 9.17. The Kier molecular flexibility index (Phi) is 13.6. The first-order valence-electron chi connectivity index (χ1n) is 14.5. The van der Waals surface area contributed by atoms with Gasteiger partial charge in [-0.05, 0) is 38.9 Å². The number of pyridine rings is 1. The molecule has 2 amide bonds. The van der Waals surface area contributed by atoms with E-state index in [-0.39, 0.29) is 16.6 Å². The summed E-state index contributed by atoms with van der Waals surface area (Å²) in [6.07, 6.45) is -1.26. The van der Waals surface area contributed by atoms with Gasteiger partial charge in [0.2, 0.25) is 5.95 Å². The average Bonchev–Trinajstić information content (AvgIpc) is 3.70. The monoisotopic (exact) mass is 796 g/mol. The molecule has 3 aromatic rings. The molecule has 2 atom stereocenters. The lowest BCUT2D eigenvalue weighted by atomic mass is 9.84. The highest BCUT2D eigenvalue weighted by Crippen LogP contribution is 2.33. The predicted molar refractivity (Wildman–Crippen MR) is 174 cm³/mol. The molecular formula is C26H31F3N10O12S2. The number of aryl methyl sites for hydroxylation is 1. The largest absolute Gasteiger partial charge is 0.490 e. The summed E-state index contributed by atoms with van der Waals surface area (Å²) in [6, 6.07) is 1.79. The van der Waals surface area contributed by atoms with Crippen molar-refractivity contribution < 1.29 is 69.4 Å². The summed E-state index contributed by atoms with van der Waals surface area (Å²) in [4.78, 5) is 64.0. The Morgan fingerprint density at radius 2 is 1.89 bits per heavy atom. The molecule has 0 aromatic carbocycles. The normalized spacial score (nSPS) is 16.1. The van der Waals surface area contributed by atoms with Crippen LogP contribution in [0.25, 0.3) is 0 Å². The Morgan fingerprint density at radius 3 is 2.40 bits per heavy atom. The third-order valence-corrected chi connectivity index (χ3v) is 7.60. The quantitative estimate of drug-likeness (QED) is 0.0438. The van der Waals surface area contributed by atoms with Gasteiger partial charge in [-0.25, -0.2) is 24.5 Å². The van der Waals surface area contributed by atoms with Gasteiger partial charge in [-0.15, -0.1) is 15.6 Å². The number of aliphatic carboxylic acids is 2. The van der Waals surface area contributed by atoms with Crippen LogP contribution in [0.1, 0.15) is 26.0 Å². The van der Waals surface area contributed by atoms with Crippen LogP contribution in [0.15, 0.2) is 41.3 Å². The summed E-state index contributed by atoms with van der Waals surface area (Å²) in [7, 11) is -5.02. The van der Waals surface area contributed by atoms with Crippen molar-refractivity contribution in [1.29, 1.82) is 0 Å². The molecule has 3 aromatic heterocycles. The number of nitrogens with two attached hydrogens (primary N) is 2. The number of amides is 2. The minimum absolute atomic E-state index is 0.0476. The van der Waals surface area contributed by atoms with E-state index in [1.165, 1.54) is 31.5 Å². The van der Waals surface area contributed by atoms with Gasteiger partial charge in [0.05, 0.1) is 11.7 Å². The van der Waals surface area contributed by atoms with Gasteiger partial charge in [0, 0.05) is 24.3 Å². The van der Waals surface area contributed by atoms with Gasteiger partial charge in [-0.3, -0.25) is 14.1 Å². The maximum Gasteiger partial charge on any atom is 0.490 e. The summed E-state index contributed by atoms with van der Waals surface area (Å²) in [5.74, 6) is -5.08. The first-order valence-corrected chi connectivity index (χ1v) is 16.8. The first-order chi connectivity index (χ1) is 24.6. The van der Waals surface area contributed by atoms with Gasteiger partial charge in [-0.1, -0.05) is 5.16 Å². The van der Waals surface area contributed by atoms with Crippen molar-refractivity contribution in [2.24, 2.45) is 10.9 Å². The third-order valence-electron chi connectivity index (χ3n) is 6.59. The Balaban J connectivity index is 0.000000980. The van der Waals surface area contributed by atoms with Crippen molar-refractivity contribution in [3.8, 4) is 5.75 Å². The summed E-state index contributed by atoms with van der Waals surface area (Å²) < 4.78 is 74.5. The Morgan fingerprint density at radius 1 is 1.21 bits per heavy atom. The number of hydrogen-bond donors (Lipinski definition) is 7. The van der Waals surface area contributed by atoms with Crippen LogP contribution in [0.2, 0.25) is 0 Å². The lowest BCUT2D eigenvalue weighted by molar-refractivity contribution is -0.218. The van der Waals surface area contributed by atoms with Crippen LogP contribution in [0.5, 0.6) is 5.75 Å². The molecule has 290 valence electrons. The highest BCUT2D eigenvalue weighted by molar-refractivity contribution is 7.80. The van der Waals surface area contributed by atoms with E-state index in [0.29, 0.717) is 29.9 Å². The van der Waals surface area contributed by atoms with E-state index in [1.54, 1.807) is 18.5 Å². The fourth-order valence-corrected chi connectivity index (χ4v) is 4.99. The average molecular weight is 797 g/mol. The molecule has 1 saturated heterocycles. The Labute approximate surface area is 300 Å². The van der Waals surface area contributed by atoms with Crippen molar-refractivity contribution in [1.82, 2.24) is 29.9 Å². The second-order valence-electron chi connectivity index (χ2n) is 10.8. The zero-order chi connectivity index (χ0) is 39.7. The zero-order valence-electron chi connectivity index (χ0n) is 27.3. The minimum Gasteiger partial charge on any atom is -0.487 e. The van der Waals surface area contributed by atoms with Crippen LogP contribution in [-0.2, 0) is 45.2 Å². The van der Waals surface area contributed by atoms with E-state index in [0.717, 1.165) is 17.8 Å². The van der Waals surface area contributed by atoms with Gasteiger partial charge in [0.15, 0.2) is 10.8 Å². The van der Waals surface area contributed by atoms with E-state index in [2.05, 4.69) is 35.0 Å². The number of aromatic nitrogens is 4. The number of thiazole rings is 1. The number of imidazole rings is 1. The number of ether oxygens (including phenoxy) is 1. The van der Waals surface area contributed by atoms with Crippen LogP contribution in [-0.4, -0.2) is 114 Å². The number of alkyl halides is 3. The lowest BCUT2D eigenvalue weighted by Gasteiger charge is -2.50. The number of nitrogens with zero attached hydrogens (tertiary/aromatic N) is 6. The van der Waals surface area contributed by atoms with E-state index in [4.69, 9.17) is 35.5 Å². The van der Waals surface area contributed by atoms with Gasteiger partial charge >= 0.3 is 28.5 Å². The molecule has 22 nitrogen and oxygen atoms in total. The number of anilines is 3. The maximum atomic E-state index is 13.2. The van der Waals surface area contributed by atoms with Crippen LogP contribution in [0.4, 0.5) is 30.1 Å². The molecule has 0 saturated carbocycles. The highest BCUT2D eigenvalue weighted by atomic mass is 32.3. The predicted octanol–water partition coefficient (Wildman–Crippen LogP) is 0.135. The molecule has 9 N–H and O–H groups in total. The topological polar surface area (TPSA) is 326 Å². The number of β-lactam (4-membered cyclic amide) rings is 1. The van der Waals surface area contributed by atoms with Crippen LogP contribution < -0.4 is 26.8 Å². The molecule has 0 aliphatic carbocycles. The maximum absolute atomic E-state index is 13.2. The van der Waals surface area contributed by atoms with E-state index < -0.39 is 70.3 Å². The van der Waals surface area contributed by atoms with Gasteiger partial charge in [-0.2, -0.15) is 26.7 Å². The van der Waals surface area contributed by atoms with Gasteiger partial charge in [0.1, 0.15) is 29.9 Å². The highest BCUT2D eigenvalue weighted by Gasteiger charge is 2.58. The molecule has 4 rings (SSSR count). The van der Waals surface area contributed by atoms with Crippen molar-refractivity contribution in [2.75, 3.05) is 24.2 Å². The molecule has 1 unspecified atom stereocenters.